The summed E-state index contributed by atoms with van der Waals surface area (Å²) in [4.78, 5) is 30.9. The first kappa shape index (κ1) is 20.0. The first-order valence-corrected chi connectivity index (χ1v) is 9.45. The van der Waals surface area contributed by atoms with Crippen LogP contribution in [0.25, 0.3) is 0 Å². The van der Waals surface area contributed by atoms with Gasteiger partial charge in [-0.2, -0.15) is 0 Å². The first-order chi connectivity index (χ1) is 13.6. The number of hydrogen-bond acceptors (Lipinski definition) is 4. The molecule has 3 rings (SSSR count). The molecule has 6 nitrogen and oxygen atoms in total. The van der Waals surface area contributed by atoms with Crippen molar-refractivity contribution >= 4 is 11.8 Å². The molecule has 1 heterocycles. The second-order valence-electron chi connectivity index (χ2n) is 6.83. The van der Waals surface area contributed by atoms with Crippen LogP contribution in [-0.2, 0) is 33.8 Å². The van der Waals surface area contributed by atoms with Gasteiger partial charge in [0, 0.05) is 25.6 Å². The van der Waals surface area contributed by atoms with Gasteiger partial charge in [-0.25, -0.2) is 5.06 Å². The van der Waals surface area contributed by atoms with E-state index in [0.717, 1.165) is 34.6 Å². The van der Waals surface area contributed by atoms with Crippen molar-refractivity contribution in [3.63, 3.8) is 0 Å². The highest BCUT2D eigenvalue weighted by molar-refractivity contribution is 5.98. The number of nitrogens with one attached hydrogen (secondary N) is 1. The fourth-order valence-electron chi connectivity index (χ4n) is 3.38. The molecule has 0 saturated carbocycles. The molecule has 6 heteroatoms. The molecule has 28 heavy (non-hydrogen) atoms. The van der Waals surface area contributed by atoms with Crippen LogP contribution < -0.4 is 5.32 Å². The number of carbonyl (C=O) groups is 2. The second-order valence-corrected chi connectivity index (χ2v) is 6.83. The Morgan fingerprint density at radius 3 is 2.54 bits per heavy atom. The number of rotatable bonds is 2. The molecule has 0 aliphatic carbocycles. The van der Waals surface area contributed by atoms with Crippen LogP contribution in [0.2, 0.25) is 0 Å². The van der Waals surface area contributed by atoms with Crippen LogP contribution in [0.3, 0.4) is 0 Å². The summed E-state index contributed by atoms with van der Waals surface area (Å²) in [7, 11) is 2.98. The number of nitrogens with zero attached hydrogens (tertiary/aromatic N) is 1. The van der Waals surface area contributed by atoms with E-state index in [1.165, 1.54) is 7.11 Å². The molecule has 0 saturated heterocycles. The van der Waals surface area contributed by atoms with Gasteiger partial charge in [-0.3, -0.25) is 14.4 Å². The van der Waals surface area contributed by atoms with Crippen molar-refractivity contribution in [2.24, 2.45) is 0 Å². The molecule has 0 unspecified atom stereocenters. The third-order valence-electron chi connectivity index (χ3n) is 4.98. The van der Waals surface area contributed by atoms with Gasteiger partial charge < -0.3 is 10.1 Å². The minimum Gasteiger partial charge on any atom is -0.377 e. The van der Waals surface area contributed by atoms with E-state index in [4.69, 9.17) is 9.57 Å². The summed E-state index contributed by atoms with van der Waals surface area (Å²) in [5.41, 5.74) is 3.53. The molecule has 1 atom stereocenters. The van der Waals surface area contributed by atoms with Crippen LogP contribution in [0.1, 0.15) is 33.5 Å². The Morgan fingerprint density at radius 1 is 1.11 bits per heavy atom. The quantitative estimate of drug-likeness (QED) is 0.811. The Kier molecular flexibility index (Phi) is 6.79. The number of benzene rings is 2. The van der Waals surface area contributed by atoms with Crippen molar-refractivity contribution in [2.75, 3.05) is 20.8 Å². The number of hydrogen-bond donors (Lipinski definition) is 1. The highest BCUT2D eigenvalue weighted by atomic mass is 16.7. The zero-order chi connectivity index (χ0) is 19.9. The zero-order valence-electron chi connectivity index (χ0n) is 16.3. The van der Waals surface area contributed by atoms with E-state index in [1.807, 2.05) is 36.4 Å². The van der Waals surface area contributed by atoms with Crippen molar-refractivity contribution in [1.82, 2.24) is 10.4 Å². The third kappa shape index (κ3) is 4.77. The molecule has 148 valence electrons. The molecule has 0 spiro atoms. The van der Waals surface area contributed by atoms with E-state index in [0.29, 0.717) is 25.2 Å². The van der Waals surface area contributed by atoms with Crippen LogP contribution in [0.5, 0.6) is 0 Å². The predicted octanol–water partition coefficient (Wildman–Crippen LogP) is 2.51. The molecule has 0 bridgehead atoms. The molecular formula is C22H26N2O4. The fourth-order valence-corrected chi connectivity index (χ4v) is 3.38. The second kappa shape index (κ2) is 9.48. The molecule has 2 aromatic carbocycles. The normalized spacial score (nSPS) is 17.8. The van der Waals surface area contributed by atoms with E-state index in [-0.39, 0.29) is 11.8 Å². The van der Waals surface area contributed by atoms with E-state index in [9.17, 15) is 9.59 Å². The minimum absolute atomic E-state index is 0.293. The smallest absolute Gasteiger partial charge is 0.268 e. The summed E-state index contributed by atoms with van der Waals surface area (Å²) in [6.07, 6.45) is 2.13. The molecule has 1 aliphatic rings. The lowest BCUT2D eigenvalue weighted by Gasteiger charge is -2.24. The number of ether oxygens (including phenoxy) is 1. The number of carbonyl (C=O) groups excluding carboxylic acids is 2. The Balaban J connectivity index is 1.96. The van der Waals surface area contributed by atoms with Gasteiger partial charge in [-0.05, 0) is 35.6 Å². The maximum absolute atomic E-state index is 13.0. The van der Waals surface area contributed by atoms with E-state index < -0.39 is 6.04 Å². The molecule has 0 radical (unpaired) electrons. The predicted molar refractivity (Wildman–Crippen MR) is 106 cm³/mol. The fraction of sp³-hybridized carbons (Fsp3) is 0.364. The molecule has 1 aliphatic heterocycles. The van der Waals surface area contributed by atoms with Crippen molar-refractivity contribution in [2.45, 2.75) is 31.9 Å². The first-order valence-electron chi connectivity index (χ1n) is 9.45. The molecular weight excluding hydrogens is 356 g/mol. The van der Waals surface area contributed by atoms with Crippen LogP contribution in [0.4, 0.5) is 0 Å². The average Bonchev–Trinajstić information content (AvgIpc) is 2.73. The Hall–Kier alpha value is -2.70. The van der Waals surface area contributed by atoms with Crippen molar-refractivity contribution in [1.29, 1.82) is 0 Å². The monoisotopic (exact) mass is 382 g/mol. The number of fused-ring (bicyclic) bond motifs is 2. The van der Waals surface area contributed by atoms with Crippen molar-refractivity contribution < 1.29 is 19.2 Å². The summed E-state index contributed by atoms with van der Waals surface area (Å²) in [5.74, 6) is -0.590. The summed E-state index contributed by atoms with van der Waals surface area (Å²) in [6, 6.07) is 14.6. The summed E-state index contributed by atoms with van der Waals surface area (Å²) >= 11 is 0. The lowest BCUT2D eigenvalue weighted by atomic mass is 9.96. The van der Waals surface area contributed by atoms with Crippen molar-refractivity contribution in [3.8, 4) is 0 Å². The minimum atomic E-state index is -0.728. The summed E-state index contributed by atoms with van der Waals surface area (Å²) in [6.45, 7) is 0.973. The Labute approximate surface area is 165 Å². The SMILES string of the molecule is CON(C)C(=O)[C@@H]1Cc2ccccc2CCCOCc2ccccc2C(=O)N1. The topological polar surface area (TPSA) is 67.9 Å². The zero-order valence-corrected chi connectivity index (χ0v) is 16.3. The van der Waals surface area contributed by atoms with Gasteiger partial charge in [-0.1, -0.05) is 42.5 Å². The standard InChI is InChI=1S/C22H26N2O4/c1-24(27-2)22(26)20-14-17-9-4-3-8-16(17)11-7-13-28-15-18-10-5-6-12-19(18)21(25)23-20/h3-6,8-10,12,20H,7,11,13-15H2,1-2H3,(H,23,25)/t20-/m0/s1. The lowest BCUT2D eigenvalue weighted by Crippen LogP contribution is -2.48. The largest absolute Gasteiger partial charge is 0.377 e. The van der Waals surface area contributed by atoms with Gasteiger partial charge in [0.15, 0.2) is 0 Å². The molecule has 0 fully saturated rings. The van der Waals surface area contributed by atoms with Gasteiger partial charge in [0.05, 0.1) is 13.7 Å². The number of likely N-dealkylation sites (N-methyl/N-ethyl adjacent to an activating group) is 1. The maximum Gasteiger partial charge on any atom is 0.268 e. The number of hydroxylamine groups is 2. The molecule has 2 amide bonds. The lowest BCUT2D eigenvalue weighted by molar-refractivity contribution is -0.170. The van der Waals surface area contributed by atoms with Crippen LogP contribution in [0, 0.1) is 0 Å². The van der Waals surface area contributed by atoms with Crippen LogP contribution in [-0.4, -0.2) is 43.7 Å². The van der Waals surface area contributed by atoms with Crippen molar-refractivity contribution in [3.05, 3.63) is 70.8 Å². The van der Waals surface area contributed by atoms with E-state index >= 15 is 0 Å². The highest BCUT2D eigenvalue weighted by Crippen LogP contribution is 2.17. The van der Waals surface area contributed by atoms with Gasteiger partial charge in [0.2, 0.25) is 0 Å². The highest BCUT2D eigenvalue weighted by Gasteiger charge is 2.27. The Morgan fingerprint density at radius 2 is 1.79 bits per heavy atom. The van der Waals surface area contributed by atoms with Crippen LogP contribution in [0.15, 0.2) is 48.5 Å². The molecule has 0 aromatic heterocycles. The molecule has 2 aromatic rings. The third-order valence-corrected chi connectivity index (χ3v) is 4.98. The van der Waals surface area contributed by atoms with E-state index in [1.54, 1.807) is 13.1 Å². The van der Waals surface area contributed by atoms with E-state index in [2.05, 4.69) is 11.4 Å². The average molecular weight is 382 g/mol. The van der Waals surface area contributed by atoms with Gasteiger partial charge in [-0.15, -0.1) is 0 Å². The Bertz CT molecular complexity index is 837. The summed E-state index contributed by atoms with van der Waals surface area (Å²) in [5, 5.41) is 4.06. The molecule has 1 N–H and O–H groups in total. The summed E-state index contributed by atoms with van der Waals surface area (Å²) < 4.78 is 5.79. The van der Waals surface area contributed by atoms with Gasteiger partial charge in [0.1, 0.15) is 6.04 Å². The number of aryl methyl sites for hydroxylation is 1. The maximum atomic E-state index is 13.0. The number of amides is 2. The van der Waals surface area contributed by atoms with Gasteiger partial charge in [0.25, 0.3) is 11.8 Å². The van der Waals surface area contributed by atoms with Crippen LogP contribution >= 0.6 is 0 Å². The van der Waals surface area contributed by atoms with Gasteiger partial charge >= 0.3 is 0 Å².